The highest BCUT2D eigenvalue weighted by molar-refractivity contribution is 5.97. The van der Waals surface area contributed by atoms with Crippen LogP contribution in [0.4, 0.5) is 14.8 Å². The number of likely N-dealkylation sites (tertiary alicyclic amines) is 1. The molecule has 2 aromatic rings. The first kappa shape index (κ1) is 24.3. The van der Waals surface area contributed by atoms with Crippen LogP contribution in [0.3, 0.4) is 0 Å². The van der Waals surface area contributed by atoms with Gasteiger partial charge in [0.05, 0.1) is 19.8 Å². The Kier molecular flexibility index (Phi) is 7.16. The first-order chi connectivity index (χ1) is 16.9. The number of anilines is 1. The van der Waals surface area contributed by atoms with E-state index in [1.54, 1.807) is 17.0 Å². The number of ether oxygens (including phenoxy) is 1. The summed E-state index contributed by atoms with van der Waals surface area (Å²) in [5, 5.41) is 4.07. The average molecular weight is 489 g/mol. The molecule has 3 heterocycles. The number of ketones is 1. The van der Waals surface area contributed by atoms with Crippen LogP contribution in [-0.2, 0) is 11.3 Å². The third kappa shape index (κ3) is 5.72. The molecular formula is C26H34F2N4O3. The van der Waals surface area contributed by atoms with Gasteiger partial charge in [0.2, 0.25) is 0 Å². The molecule has 1 aromatic carbocycles. The Bertz CT molecular complexity index is 1030. The first-order valence-electron chi connectivity index (χ1n) is 12.7. The zero-order valence-corrected chi connectivity index (χ0v) is 20.5. The molecule has 7 nitrogen and oxygen atoms in total. The number of alkyl halides is 1. The maximum absolute atomic E-state index is 14.5. The number of piperidine rings is 1. The van der Waals surface area contributed by atoms with Gasteiger partial charge in [0, 0.05) is 43.2 Å². The van der Waals surface area contributed by atoms with Crippen LogP contribution in [0.5, 0.6) is 0 Å². The summed E-state index contributed by atoms with van der Waals surface area (Å²) in [4.78, 5) is 20.7. The fraction of sp³-hybridized carbons (Fsp3) is 0.654. The summed E-state index contributed by atoms with van der Waals surface area (Å²) >= 11 is 0. The second kappa shape index (κ2) is 10.3. The third-order valence-corrected chi connectivity index (χ3v) is 7.58. The molecule has 0 radical (unpaired) electrons. The van der Waals surface area contributed by atoms with Crippen LogP contribution in [-0.4, -0.2) is 66.3 Å². The van der Waals surface area contributed by atoms with Crippen LogP contribution in [0.1, 0.15) is 60.8 Å². The largest absolute Gasteiger partial charge is 0.376 e. The van der Waals surface area contributed by atoms with E-state index in [2.05, 4.69) is 28.9 Å². The molecule has 1 saturated carbocycles. The average Bonchev–Trinajstić information content (AvgIpc) is 3.41. The highest BCUT2D eigenvalue weighted by Crippen LogP contribution is 2.48. The molecule has 1 aliphatic carbocycles. The van der Waals surface area contributed by atoms with E-state index in [-0.39, 0.29) is 37.9 Å². The minimum absolute atomic E-state index is 0.131. The second-order valence-corrected chi connectivity index (χ2v) is 10.6. The molecule has 2 atom stereocenters. The van der Waals surface area contributed by atoms with E-state index in [1.165, 1.54) is 6.07 Å². The van der Waals surface area contributed by atoms with Gasteiger partial charge in [-0.2, -0.15) is 4.98 Å². The molecule has 0 N–H and O–H groups in total. The molecule has 35 heavy (non-hydrogen) atoms. The van der Waals surface area contributed by atoms with Crippen LogP contribution in [0, 0.1) is 23.6 Å². The minimum atomic E-state index is -0.854. The number of aromatic nitrogens is 2. The molecule has 190 valence electrons. The van der Waals surface area contributed by atoms with Crippen molar-refractivity contribution in [3.63, 3.8) is 0 Å². The monoisotopic (exact) mass is 488 g/mol. The van der Waals surface area contributed by atoms with Gasteiger partial charge >= 0.3 is 6.01 Å². The second-order valence-electron chi connectivity index (χ2n) is 10.6. The lowest BCUT2D eigenvalue weighted by Crippen LogP contribution is -2.50. The van der Waals surface area contributed by atoms with E-state index in [9.17, 15) is 13.6 Å². The normalized spacial score (nSPS) is 23.6. The summed E-state index contributed by atoms with van der Waals surface area (Å²) in [7, 11) is 0. The smallest absolute Gasteiger partial charge is 0.324 e. The number of hydrogen-bond donors (Lipinski definition) is 0. The zero-order valence-electron chi connectivity index (χ0n) is 20.5. The number of hydrogen-bond acceptors (Lipinski definition) is 7. The van der Waals surface area contributed by atoms with Gasteiger partial charge in [-0.3, -0.25) is 9.69 Å². The highest BCUT2D eigenvalue weighted by atomic mass is 19.1. The fourth-order valence-electron chi connectivity index (χ4n) is 5.24. The number of Topliss-reactive ketones (excluding diaryl/α,β-unsaturated/α-hetero) is 1. The molecule has 3 aliphatic rings. The quantitative estimate of drug-likeness (QED) is 0.463. The molecule has 9 heteroatoms. The van der Waals surface area contributed by atoms with Crippen molar-refractivity contribution in [2.45, 2.75) is 51.8 Å². The number of halogens is 2. The van der Waals surface area contributed by atoms with Gasteiger partial charge in [-0.05, 0) is 43.1 Å². The summed E-state index contributed by atoms with van der Waals surface area (Å²) in [5.74, 6) is 2.27. The Labute approximate surface area is 204 Å². The summed E-state index contributed by atoms with van der Waals surface area (Å²) in [6, 6.07) is 5.16. The molecule has 2 aliphatic heterocycles. The molecule has 0 unspecified atom stereocenters. The Balaban J connectivity index is 1.02. The predicted octanol–water partition coefficient (Wildman–Crippen LogP) is 4.24. The van der Waals surface area contributed by atoms with Crippen molar-refractivity contribution in [3.05, 3.63) is 41.0 Å². The van der Waals surface area contributed by atoms with Crippen molar-refractivity contribution in [1.29, 1.82) is 0 Å². The highest BCUT2D eigenvalue weighted by Gasteiger charge is 2.44. The molecule has 3 fully saturated rings. The topological polar surface area (TPSA) is 71.7 Å². The van der Waals surface area contributed by atoms with Gasteiger partial charge in [-0.1, -0.05) is 31.1 Å². The molecule has 2 saturated heterocycles. The van der Waals surface area contributed by atoms with Crippen molar-refractivity contribution in [2.24, 2.45) is 17.8 Å². The van der Waals surface area contributed by atoms with Crippen LogP contribution in [0.25, 0.3) is 0 Å². The van der Waals surface area contributed by atoms with Crippen LogP contribution >= 0.6 is 0 Å². The van der Waals surface area contributed by atoms with Crippen molar-refractivity contribution in [3.8, 4) is 0 Å². The molecule has 5 rings (SSSR count). The van der Waals surface area contributed by atoms with Crippen molar-refractivity contribution in [1.82, 2.24) is 15.0 Å². The van der Waals surface area contributed by atoms with Gasteiger partial charge in [0.25, 0.3) is 0 Å². The van der Waals surface area contributed by atoms with E-state index >= 15 is 0 Å². The maximum atomic E-state index is 14.5. The van der Waals surface area contributed by atoms with Gasteiger partial charge in [0.1, 0.15) is 12.0 Å². The van der Waals surface area contributed by atoms with E-state index in [0.29, 0.717) is 41.5 Å². The van der Waals surface area contributed by atoms with Gasteiger partial charge in [0.15, 0.2) is 11.6 Å². The summed E-state index contributed by atoms with van der Waals surface area (Å²) in [6.45, 7) is 7.48. The number of carbonyl (C=O) groups is 1. The van der Waals surface area contributed by atoms with E-state index < -0.39 is 12.0 Å². The summed E-state index contributed by atoms with van der Waals surface area (Å²) < 4.78 is 38.7. The van der Waals surface area contributed by atoms with Crippen molar-refractivity contribution in [2.75, 3.05) is 44.2 Å². The van der Waals surface area contributed by atoms with Crippen molar-refractivity contribution < 1.29 is 22.8 Å². The summed E-state index contributed by atoms with van der Waals surface area (Å²) in [5.41, 5.74) is 0.781. The fourth-order valence-corrected chi connectivity index (χ4v) is 5.24. The summed E-state index contributed by atoms with van der Waals surface area (Å²) in [6.07, 6.45) is 2.52. The lowest BCUT2D eigenvalue weighted by molar-refractivity contribution is 0.0570. The van der Waals surface area contributed by atoms with Gasteiger partial charge in [-0.25, -0.2) is 8.78 Å². The molecule has 0 bridgehead atoms. The Hall–Kier alpha value is -2.39. The number of carbonyl (C=O) groups excluding carboxylic acids is 1. The van der Waals surface area contributed by atoms with E-state index in [4.69, 9.17) is 9.26 Å². The Morgan fingerprint density at radius 3 is 2.69 bits per heavy atom. The SMILES string of the molecule is CC(C)c1noc(N2CCC([C@H]3C[C@H]3COCc3ccc(C(=O)CN4CC(F)C4)cc3F)CC2)n1. The molecule has 0 amide bonds. The Morgan fingerprint density at radius 2 is 2.03 bits per heavy atom. The standard InChI is InChI=1S/C26H34F2N4O3/c1-16(2)25-29-26(35-30-25)32-7-5-17(6-8-32)22-9-20(22)15-34-14-19-4-3-18(10-23(19)28)24(33)13-31-11-21(27)12-31/h3-4,10,16-17,20-22H,5-9,11-15H2,1-2H3/t20-,22+/m0/s1. The minimum Gasteiger partial charge on any atom is -0.376 e. The maximum Gasteiger partial charge on any atom is 0.324 e. The molecular weight excluding hydrogens is 454 g/mol. The van der Waals surface area contributed by atoms with Crippen LogP contribution in [0.15, 0.2) is 22.7 Å². The number of benzene rings is 1. The third-order valence-electron chi connectivity index (χ3n) is 7.58. The molecule has 0 spiro atoms. The predicted molar refractivity (Wildman–Crippen MR) is 127 cm³/mol. The van der Waals surface area contributed by atoms with Crippen molar-refractivity contribution >= 4 is 11.8 Å². The Morgan fingerprint density at radius 1 is 1.26 bits per heavy atom. The van der Waals surface area contributed by atoms with E-state index in [0.717, 1.165) is 38.2 Å². The lowest BCUT2D eigenvalue weighted by Gasteiger charge is -2.33. The van der Waals surface area contributed by atoms with Gasteiger partial charge in [-0.15, -0.1) is 0 Å². The molecule has 1 aromatic heterocycles. The zero-order chi connectivity index (χ0) is 24.5. The number of rotatable bonds is 10. The lowest BCUT2D eigenvalue weighted by atomic mass is 9.91. The first-order valence-corrected chi connectivity index (χ1v) is 12.7. The van der Waals surface area contributed by atoms with Gasteiger partial charge < -0.3 is 14.2 Å². The van der Waals surface area contributed by atoms with E-state index in [1.807, 2.05) is 0 Å². The van der Waals surface area contributed by atoms with Crippen LogP contribution in [0.2, 0.25) is 0 Å². The number of nitrogens with zero attached hydrogens (tertiary/aromatic N) is 4. The van der Waals surface area contributed by atoms with Crippen LogP contribution < -0.4 is 4.90 Å².